The molecule has 0 radical (unpaired) electrons. The number of piperidine rings is 1. The van der Waals surface area contributed by atoms with Crippen LogP contribution in [0.2, 0.25) is 0 Å². The van der Waals surface area contributed by atoms with Gasteiger partial charge in [-0.3, -0.25) is 9.59 Å². The summed E-state index contributed by atoms with van der Waals surface area (Å²) in [4.78, 5) is 26.8. The Bertz CT molecular complexity index is 1020. The number of carbonyl (C=O) groups is 2. The lowest BCUT2D eigenvalue weighted by atomic mass is 10.0. The topological polar surface area (TPSA) is 80.4 Å². The third-order valence-corrected chi connectivity index (χ3v) is 5.18. The molecule has 0 spiro atoms. The summed E-state index contributed by atoms with van der Waals surface area (Å²) < 4.78 is 20.6. The first-order valence-corrected chi connectivity index (χ1v) is 9.48. The molecule has 3 heterocycles. The largest absolute Gasteiger partial charge is 0.459 e. The van der Waals surface area contributed by atoms with E-state index in [1.165, 1.54) is 23.2 Å². The number of nitrogens with zero attached hydrogens (tertiary/aromatic N) is 3. The van der Waals surface area contributed by atoms with E-state index in [9.17, 15) is 14.0 Å². The highest BCUT2D eigenvalue weighted by Crippen LogP contribution is 2.19. The third-order valence-electron chi connectivity index (χ3n) is 5.18. The van der Waals surface area contributed by atoms with Crippen molar-refractivity contribution < 1.29 is 18.4 Å². The van der Waals surface area contributed by atoms with Gasteiger partial charge in [-0.05, 0) is 44.0 Å². The number of halogens is 1. The highest BCUT2D eigenvalue weighted by Gasteiger charge is 2.27. The van der Waals surface area contributed by atoms with Crippen LogP contribution in [-0.2, 0) is 0 Å². The van der Waals surface area contributed by atoms with Gasteiger partial charge < -0.3 is 14.6 Å². The molecule has 1 saturated heterocycles. The number of hydrogen-bond donors (Lipinski definition) is 1. The van der Waals surface area contributed by atoms with Gasteiger partial charge in [-0.1, -0.05) is 12.1 Å². The first-order chi connectivity index (χ1) is 14.0. The van der Waals surface area contributed by atoms with Crippen molar-refractivity contribution in [3.63, 3.8) is 0 Å². The number of aromatic nitrogens is 2. The van der Waals surface area contributed by atoms with E-state index in [-0.39, 0.29) is 17.9 Å². The highest BCUT2D eigenvalue weighted by molar-refractivity contribution is 5.95. The number of likely N-dealkylation sites (tertiary alicyclic amines) is 1. The van der Waals surface area contributed by atoms with Crippen LogP contribution in [0.5, 0.6) is 0 Å². The Morgan fingerprint density at radius 3 is 2.62 bits per heavy atom. The maximum absolute atomic E-state index is 14.0. The molecule has 1 N–H and O–H groups in total. The Hall–Kier alpha value is -3.42. The van der Waals surface area contributed by atoms with Crippen molar-refractivity contribution in [2.24, 2.45) is 0 Å². The first kappa shape index (κ1) is 18.9. The molecule has 0 unspecified atom stereocenters. The van der Waals surface area contributed by atoms with Crippen LogP contribution < -0.4 is 5.32 Å². The Morgan fingerprint density at radius 1 is 1.17 bits per heavy atom. The van der Waals surface area contributed by atoms with Crippen molar-refractivity contribution in [2.75, 3.05) is 13.1 Å². The lowest BCUT2D eigenvalue weighted by molar-refractivity contribution is 0.0667. The fraction of sp³-hybridized carbons (Fsp3) is 0.286. The molecule has 1 aromatic carbocycles. The van der Waals surface area contributed by atoms with Crippen molar-refractivity contribution in [3.05, 3.63) is 71.7 Å². The minimum absolute atomic E-state index is 0.0423. The van der Waals surface area contributed by atoms with Crippen LogP contribution in [0.15, 0.2) is 53.3 Å². The van der Waals surface area contributed by atoms with Gasteiger partial charge in [-0.15, -0.1) is 0 Å². The van der Waals surface area contributed by atoms with E-state index < -0.39 is 5.82 Å². The van der Waals surface area contributed by atoms with Gasteiger partial charge in [0.15, 0.2) is 5.76 Å². The van der Waals surface area contributed by atoms with Gasteiger partial charge in [0, 0.05) is 19.1 Å². The fourth-order valence-corrected chi connectivity index (χ4v) is 3.55. The zero-order valence-electron chi connectivity index (χ0n) is 16.0. The van der Waals surface area contributed by atoms with E-state index in [0.717, 1.165) is 0 Å². The predicted molar refractivity (Wildman–Crippen MR) is 103 cm³/mol. The standard InChI is InChI=1S/C21H21FN4O3/c1-14-16(13-23-26(14)18-6-3-2-5-17(18)22)20(27)24-15-8-10-25(11-9-15)21(28)19-7-4-12-29-19/h2-7,12-13,15H,8-11H2,1H3,(H,24,27). The molecule has 1 aliphatic rings. The van der Waals surface area contributed by atoms with Crippen molar-refractivity contribution in [1.29, 1.82) is 0 Å². The maximum Gasteiger partial charge on any atom is 0.289 e. The average Bonchev–Trinajstić information content (AvgIpc) is 3.39. The van der Waals surface area contributed by atoms with E-state index in [1.807, 2.05) is 0 Å². The molecule has 0 atom stereocenters. The summed E-state index contributed by atoms with van der Waals surface area (Å²) in [5.41, 5.74) is 1.27. The number of nitrogens with one attached hydrogen (secondary N) is 1. The molecule has 29 heavy (non-hydrogen) atoms. The second-order valence-corrected chi connectivity index (χ2v) is 7.02. The molecule has 8 heteroatoms. The third kappa shape index (κ3) is 3.78. The summed E-state index contributed by atoms with van der Waals surface area (Å²) in [5.74, 6) is -0.467. The quantitative estimate of drug-likeness (QED) is 0.735. The Morgan fingerprint density at radius 2 is 1.93 bits per heavy atom. The Balaban J connectivity index is 1.38. The molecule has 2 amide bonds. The molecule has 150 valence electrons. The van der Waals surface area contributed by atoms with Crippen LogP contribution in [0.1, 0.15) is 39.4 Å². The van der Waals surface area contributed by atoms with Crippen LogP contribution in [-0.4, -0.2) is 45.6 Å². The number of carbonyl (C=O) groups excluding carboxylic acids is 2. The normalized spacial score (nSPS) is 14.8. The number of para-hydroxylation sites is 1. The van der Waals surface area contributed by atoms with Crippen LogP contribution in [0.4, 0.5) is 4.39 Å². The minimum Gasteiger partial charge on any atom is -0.459 e. The molecule has 3 aromatic rings. The summed E-state index contributed by atoms with van der Waals surface area (Å²) >= 11 is 0. The van der Waals surface area contributed by atoms with E-state index in [0.29, 0.717) is 48.6 Å². The fourth-order valence-electron chi connectivity index (χ4n) is 3.55. The Kier molecular flexibility index (Phi) is 5.16. The molecule has 0 aliphatic carbocycles. The van der Waals surface area contributed by atoms with Crippen LogP contribution >= 0.6 is 0 Å². The van der Waals surface area contributed by atoms with E-state index in [4.69, 9.17) is 4.42 Å². The van der Waals surface area contributed by atoms with Crippen molar-refractivity contribution in [1.82, 2.24) is 20.0 Å². The number of amides is 2. The summed E-state index contributed by atoms with van der Waals surface area (Å²) in [6.45, 7) is 2.81. The zero-order chi connectivity index (χ0) is 20.4. The monoisotopic (exact) mass is 396 g/mol. The van der Waals surface area contributed by atoms with Crippen LogP contribution in [0, 0.1) is 12.7 Å². The van der Waals surface area contributed by atoms with Crippen molar-refractivity contribution in [3.8, 4) is 5.69 Å². The van der Waals surface area contributed by atoms with Gasteiger partial charge in [0.1, 0.15) is 11.5 Å². The smallest absolute Gasteiger partial charge is 0.289 e. The van der Waals surface area contributed by atoms with Gasteiger partial charge in [0.05, 0.1) is 23.7 Å². The molecule has 7 nitrogen and oxygen atoms in total. The molecule has 1 aliphatic heterocycles. The van der Waals surface area contributed by atoms with E-state index >= 15 is 0 Å². The highest BCUT2D eigenvalue weighted by atomic mass is 19.1. The number of furan rings is 1. The first-order valence-electron chi connectivity index (χ1n) is 9.48. The molecule has 0 bridgehead atoms. The van der Waals surface area contributed by atoms with Crippen molar-refractivity contribution >= 4 is 11.8 Å². The van der Waals surface area contributed by atoms with Crippen LogP contribution in [0.3, 0.4) is 0 Å². The van der Waals surface area contributed by atoms with Gasteiger partial charge in [-0.2, -0.15) is 5.10 Å². The molecule has 0 saturated carbocycles. The zero-order valence-corrected chi connectivity index (χ0v) is 16.0. The lowest BCUT2D eigenvalue weighted by Gasteiger charge is -2.31. The molecule has 1 fully saturated rings. The predicted octanol–water partition coefficient (Wildman–Crippen LogP) is 2.95. The Labute approximate surface area is 167 Å². The molecular formula is C21H21FN4O3. The number of benzene rings is 1. The molecule has 4 rings (SSSR count). The second kappa shape index (κ2) is 7.90. The van der Waals surface area contributed by atoms with E-state index in [2.05, 4.69) is 10.4 Å². The average molecular weight is 396 g/mol. The lowest BCUT2D eigenvalue weighted by Crippen LogP contribution is -2.46. The summed E-state index contributed by atoms with van der Waals surface area (Å²) in [6, 6.07) is 9.58. The number of rotatable bonds is 4. The summed E-state index contributed by atoms with van der Waals surface area (Å²) in [7, 11) is 0. The maximum atomic E-state index is 14.0. The number of hydrogen-bond acceptors (Lipinski definition) is 4. The van der Waals surface area contributed by atoms with E-state index in [1.54, 1.807) is 42.2 Å². The molecular weight excluding hydrogens is 375 g/mol. The SMILES string of the molecule is Cc1c(C(=O)NC2CCN(C(=O)c3ccco3)CC2)cnn1-c1ccccc1F. The van der Waals surface area contributed by atoms with Crippen LogP contribution in [0.25, 0.3) is 5.69 Å². The second-order valence-electron chi connectivity index (χ2n) is 7.02. The minimum atomic E-state index is -0.403. The summed E-state index contributed by atoms with van der Waals surface area (Å²) in [6.07, 6.45) is 4.23. The van der Waals surface area contributed by atoms with Gasteiger partial charge in [0.25, 0.3) is 11.8 Å². The van der Waals surface area contributed by atoms with Gasteiger partial charge in [-0.25, -0.2) is 9.07 Å². The molecule has 2 aromatic heterocycles. The van der Waals surface area contributed by atoms with Gasteiger partial charge >= 0.3 is 0 Å². The van der Waals surface area contributed by atoms with Crippen molar-refractivity contribution in [2.45, 2.75) is 25.8 Å². The van der Waals surface area contributed by atoms with Gasteiger partial charge in [0.2, 0.25) is 0 Å². The summed E-state index contributed by atoms with van der Waals surface area (Å²) in [5, 5.41) is 7.18.